The predicted molar refractivity (Wildman–Crippen MR) is 311 cm³/mol. The van der Waals surface area contributed by atoms with Gasteiger partial charge in [0.05, 0.1) is 0 Å². The molecule has 0 unspecified atom stereocenters. The van der Waals surface area contributed by atoms with Crippen LogP contribution >= 0.6 is 0 Å². The highest BCUT2D eigenvalue weighted by Gasteiger charge is 2.19. The first-order valence-corrected chi connectivity index (χ1v) is 25.3. The van der Waals surface area contributed by atoms with Gasteiger partial charge in [-0.05, 0) is 172 Å². The molecule has 0 saturated heterocycles. The largest absolute Gasteiger partial charge is 0.289 e. The van der Waals surface area contributed by atoms with Crippen molar-refractivity contribution in [3.8, 4) is 111 Å². The van der Waals surface area contributed by atoms with Gasteiger partial charge < -0.3 is 0 Å². The number of ketones is 1. The van der Waals surface area contributed by atoms with Gasteiger partial charge >= 0.3 is 0 Å². The first-order chi connectivity index (χ1) is 36.6. The molecule has 0 N–H and O–H groups in total. The molecular formula is C73H50O. The van der Waals surface area contributed by atoms with Crippen molar-refractivity contribution in [1.29, 1.82) is 0 Å². The number of hydrogen-bond acceptors (Lipinski definition) is 1. The Hall–Kier alpha value is -9.69. The molecule has 0 atom stereocenters. The van der Waals surface area contributed by atoms with Crippen molar-refractivity contribution in [2.24, 2.45) is 0 Å². The smallest absolute Gasteiger partial charge is 0.193 e. The van der Waals surface area contributed by atoms with E-state index in [4.69, 9.17) is 0 Å². The second-order valence-corrected chi connectivity index (χ2v) is 18.8. The van der Waals surface area contributed by atoms with Crippen molar-refractivity contribution in [2.45, 2.75) is 0 Å². The van der Waals surface area contributed by atoms with Gasteiger partial charge in [0.1, 0.15) is 0 Å². The van der Waals surface area contributed by atoms with E-state index in [9.17, 15) is 0 Å². The fraction of sp³-hybridized carbons (Fsp3) is 0. The molecule has 12 rings (SSSR count). The van der Waals surface area contributed by atoms with Crippen molar-refractivity contribution < 1.29 is 4.79 Å². The van der Waals surface area contributed by atoms with Crippen molar-refractivity contribution in [3.05, 3.63) is 314 Å². The number of carbonyl (C=O) groups is 1. The third kappa shape index (κ3) is 9.59. The molecule has 348 valence electrons. The molecule has 1 heteroatoms. The molecule has 1 nitrogen and oxygen atoms in total. The van der Waals surface area contributed by atoms with Crippen LogP contribution in [-0.4, -0.2) is 5.78 Å². The van der Waals surface area contributed by atoms with Gasteiger partial charge in [-0.1, -0.05) is 243 Å². The number of benzene rings is 12. The topological polar surface area (TPSA) is 17.1 Å². The summed E-state index contributed by atoms with van der Waals surface area (Å²) in [6.07, 6.45) is 0. The van der Waals surface area contributed by atoms with Crippen LogP contribution in [0.5, 0.6) is 0 Å². The normalized spacial score (nSPS) is 11.0. The summed E-state index contributed by atoms with van der Waals surface area (Å²) >= 11 is 0. The van der Waals surface area contributed by atoms with Crippen LogP contribution in [-0.2, 0) is 0 Å². The van der Waals surface area contributed by atoms with E-state index < -0.39 is 0 Å². The Morgan fingerprint density at radius 3 is 0.703 bits per heavy atom. The van der Waals surface area contributed by atoms with Gasteiger partial charge in [-0.15, -0.1) is 0 Å². The second kappa shape index (κ2) is 20.6. The van der Waals surface area contributed by atoms with Crippen LogP contribution < -0.4 is 0 Å². The van der Waals surface area contributed by atoms with E-state index in [2.05, 4.69) is 291 Å². The van der Waals surface area contributed by atoms with Crippen LogP contribution in [0.1, 0.15) is 15.9 Å². The molecule has 0 aliphatic heterocycles. The van der Waals surface area contributed by atoms with Crippen molar-refractivity contribution >= 4 is 5.78 Å². The van der Waals surface area contributed by atoms with E-state index in [-0.39, 0.29) is 5.78 Å². The maximum absolute atomic E-state index is 15.8. The zero-order valence-corrected chi connectivity index (χ0v) is 40.8. The Labute approximate surface area is 434 Å². The predicted octanol–water partition coefficient (Wildman–Crippen LogP) is 19.6. The highest BCUT2D eigenvalue weighted by Crippen LogP contribution is 2.41. The highest BCUT2D eigenvalue weighted by atomic mass is 16.1. The molecule has 12 aromatic carbocycles. The van der Waals surface area contributed by atoms with Crippen molar-refractivity contribution in [1.82, 2.24) is 0 Å². The van der Waals surface area contributed by atoms with Crippen LogP contribution in [0.2, 0.25) is 0 Å². The molecule has 0 aromatic heterocycles. The van der Waals surface area contributed by atoms with Gasteiger partial charge in [-0.25, -0.2) is 0 Å². The van der Waals surface area contributed by atoms with Crippen LogP contribution in [0.3, 0.4) is 0 Å². The van der Waals surface area contributed by atoms with Crippen LogP contribution in [0.25, 0.3) is 111 Å². The molecule has 74 heavy (non-hydrogen) atoms. The van der Waals surface area contributed by atoms with Gasteiger partial charge in [0.25, 0.3) is 0 Å². The molecule has 0 fully saturated rings. The molecule has 0 amide bonds. The van der Waals surface area contributed by atoms with E-state index in [0.29, 0.717) is 11.1 Å². The summed E-state index contributed by atoms with van der Waals surface area (Å²) in [6, 6.07) is 107. The second-order valence-electron chi connectivity index (χ2n) is 18.8. The fourth-order valence-electron chi connectivity index (χ4n) is 10.3. The zero-order valence-electron chi connectivity index (χ0n) is 40.8. The lowest BCUT2D eigenvalue weighted by Crippen LogP contribution is -2.04. The summed E-state index contributed by atoms with van der Waals surface area (Å²) in [6.45, 7) is 0. The van der Waals surface area contributed by atoms with Gasteiger partial charge in [0.2, 0.25) is 0 Å². The summed E-state index contributed by atoms with van der Waals surface area (Å²) in [5, 5.41) is 0. The fourth-order valence-corrected chi connectivity index (χ4v) is 10.3. The van der Waals surface area contributed by atoms with Gasteiger partial charge in [0, 0.05) is 11.1 Å². The quantitative estimate of drug-likeness (QED) is 0.112. The molecule has 0 aliphatic rings. The third-order valence-corrected chi connectivity index (χ3v) is 14.0. The lowest BCUT2D eigenvalue weighted by atomic mass is 9.87. The molecule has 0 heterocycles. The molecular weight excluding hydrogens is 893 g/mol. The molecule has 0 radical (unpaired) electrons. The first-order valence-electron chi connectivity index (χ1n) is 25.3. The van der Waals surface area contributed by atoms with Crippen LogP contribution in [0.4, 0.5) is 0 Å². The van der Waals surface area contributed by atoms with E-state index in [1.54, 1.807) is 0 Å². The average Bonchev–Trinajstić information content (AvgIpc) is 3.50. The standard InChI is InChI=1S/C73H50O/c74-73(67-45-63(59-35-19-33-57(41-59)51-21-7-1-8-22-51)43-64(46-67)60-36-20-34-58(42-60)52-23-9-2-10-24-52)68-47-65(61-37-39-69(53-25-11-3-12-26-53)71(49-61)55-29-15-5-16-30-55)44-66(48-68)62-38-40-70(54-27-13-4-14-28-54)72(50-62)56-31-17-6-18-32-56/h1-50H. The van der Waals surface area contributed by atoms with E-state index in [0.717, 1.165) is 111 Å². The lowest BCUT2D eigenvalue weighted by Gasteiger charge is -2.17. The minimum Gasteiger partial charge on any atom is -0.289 e. The molecule has 0 saturated carbocycles. The number of hydrogen-bond donors (Lipinski definition) is 0. The highest BCUT2D eigenvalue weighted by molar-refractivity contribution is 6.12. The van der Waals surface area contributed by atoms with Crippen LogP contribution in [0.15, 0.2) is 303 Å². The zero-order chi connectivity index (χ0) is 49.6. The Balaban J connectivity index is 1.05. The van der Waals surface area contributed by atoms with E-state index in [1.165, 1.54) is 0 Å². The summed E-state index contributed by atoms with van der Waals surface area (Å²) in [7, 11) is 0. The Morgan fingerprint density at radius 1 is 0.162 bits per heavy atom. The van der Waals surface area contributed by atoms with Crippen LogP contribution in [0, 0.1) is 0 Å². The van der Waals surface area contributed by atoms with Gasteiger partial charge in [-0.3, -0.25) is 4.79 Å². The minimum atomic E-state index is -0.0528. The maximum Gasteiger partial charge on any atom is 0.193 e. The van der Waals surface area contributed by atoms with Gasteiger partial charge in [0.15, 0.2) is 5.78 Å². The van der Waals surface area contributed by atoms with E-state index in [1.807, 2.05) is 12.1 Å². The minimum absolute atomic E-state index is 0.0528. The summed E-state index contributed by atoms with van der Waals surface area (Å²) in [5.41, 5.74) is 22.8. The maximum atomic E-state index is 15.8. The molecule has 0 spiro atoms. The monoisotopic (exact) mass is 942 g/mol. The summed E-state index contributed by atoms with van der Waals surface area (Å²) in [5.74, 6) is -0.0528. The van der Waals surface area contributed by atoms with Crippen molar-refractivity contribution in [2.75, 3.05) is 0 Å². The first kappa shape index (κ1) is 45.4. The van der Waals surface area contributed by atoms with Gasteiger partial charge in [-0.2, -0.15) is 0 Å². The Morgan fingerprint density at radius 2 is 0.392 bits per heavy atom. The number of carbonyl (C=O) groups excluding carboxylic acids is 1. The Bertz CT molecular complexity index is 3670. The molecule has 12 aromatic rings. The lowest BCUT2D eigenvalue weighted by molar-refractivity contribution is 0.103. The molecule has 0 aliphatic carbocycles. The summed E-state index contributed by atoms with van der Waals surface area (Å²) in [4.78, 5) is 15.8. The van der Waals surface area contributed by atoms with Crippen molar-refractivity contribution in [3.63, 3.8) is 0 Å². The average molecular weight is 943 g/mol. The summed E-state index contributed by atoms with van der Waals surface area (Å²) < 4.78 is 0. The number of rotatable bonds is 12. The molecule has 0 bridgehead atoms. The SMILES string of the molecule is O=C(c1cc(-c2cccc(-c3ccccc3)c2)cc(-c2cccc(-c3ccccc3)c2)c1)c1cc(-c2ccc(-c3ccccc3)c(-c3ccccc3)c2)cc(-c2ccc(-c3ccccc3)c(-c3ccccc3)c2)c1. The third-order valence-electron chi connectivity index (χ3n) is 14.0. The van der Waals surface area contributed by atoms with E-state index >= 15 is 4.79 Å². The Kier molecular flexibility index (Phi) is 12.6.